The molecular formula is C13H10FNO3. The van der Waals surface area contributed by atoms with Crippen LogP contribution in [-0.2, 0) is 0 Å². The fraction of sp³-hybridized carbons (Fsp3) is 0.0769. The van der Waals surface area contributed by atoms with Crippen molar-refractivity contribution in [2.24, 2.45) is 0 Å². The molecule has 0 aliphatic heterocycles. The molecule has 0 saturated heterocycles. The zero-order valence-electron chi connectivity index (χ0n) is 9.55. The van der Waals surface area contributed by atoms with E-state index in [1.165, 1.54) is 37.4 Å². The fourth-order valence-electron chi connectivity index (χ4n) is 1.57. The molecule has 1 N–H and O–H groups in total. The third-order valence-corrected chi connectivity index (χ3v) is 2.40. The third-order valence-electron chi connectivity index (χ3n) is 2.40. The number of carbonyl (C=O) groups is 1. The molecule has 0 saturated carbocycles. The summed E-state index contributed by atoms with van der Waals surface area (Å²) in [7, 11) is 1.44. The van der Waals surface area contributed by atoms with Gasteiger partial charge in [0.25, 0.3) is 0 Å². The largest absolute Gasteiger partial charge is 0.494 e. The maximum atomic E-state index is 13.2. The van der Waals surface area contributed by atoms with Gasteiger partial charge in [0, 0.05) is 5.56 Å². The number of halogens is 1. The molecule has 0 fully saturated rings. The molecule has 2 rings (SSSR count). The number of hydrogen-bond donors (Lipinski definition) is 1. The Morgan fingerprint density at radius 3 is 2.72 bits per heavy atom. The summed E-state index contributed by atoms with van der Waals surface area (Å²) in [6, 6.07) is 8.58. The number of rotatable bonds is 3. The SMILES string of the molecule is COc1ccc(C(=O)O)nc1-c1cccc(F)c1. The number of aromatic nitrogens is 1. The lowest BCUT2D eigenvalue weighted by Gasteiger charge is -2.08. The van der Waals surface area contributed by atoms with Gasteiger partial charge in [0.05, 0.1) is 7.11 Å². The summed E-state index contributed by atoms with van der Waals surface area (Å²) in [6.07, 6.45) is 0. The summed E-state index contributed by atoms with van der Waals surface area (Å²) in [4.78, 5) is 14.8. The van der Waals surface area contributed by atoms with Crippen LogP contribution < -0.4 is 4.74 Å². The number of carboxylic acids is 1. The average molecular weight is 247 g/mol. The predicted octanol–water partition coefficient (Wildman–Crippen LogP) is 2.59. The van der Waals surface area contributed by atoms with E-state index < -0.39 is 11.8 Å². The molecule has 0 bridgehead atoms. The van der Waals surface area contributed by atoms with Crippen LogP contribution >= 0.6 is 0 Å². The van der Waals surface area contributed by atoms with Crippen molar-refractivity contribution in [2.75, 3.05) is 7.11 Å². The van der Waals surface area contributed by atoms with Gasteiger partial charge >= 0.3 is 5.97 Å². The number of aromatic carboxylic acids is 1. The van der Waals surface area contributed by atoms with Crippen molar-refractivity contribution in [3.05, 3.63) is 47.9 Å². The number of hydrogen-bond acceptors (Lipinski definition) is 3. The van der Waals surface area contributed by atoms with E-state index in [4.69, 9.17) is 9.84 Å². The van der Waals surface area contributed by atoms with E-state index in [-0.39, 0.29) is 5.69 Å². The zero-order valence-corrected chi connectivity index (χ0v) is 9.55. The lowest BCUT2D eigenvalue weighted by atomic mass is 10.1. The Labute approximate surface area is 103 Å². The second-order valence-corrected chi connectivity index (χ2v) is 3.56. The summed E-state index contributed by atoms with van der Waals surface area (Å²) in [5.74, 6) is -1.17. The number of pyridine rings is 1. The molecule has 0 amide bonds. The predicted molar refractivity (Wildman–Crippen MR) is 63.1 cm³/mol. The molecule has 18 heavy (non-hydrogen) atoms. The quantitative estimate of drug-likeness (QED) is 0.905. The second-order valence-electron chi connectivity index (χ2n) is 3.56. The Hall–Kier alpha value is -2.43. The molecule has 0 aliphatic rings. The molecule has 0 aliphatic carbocycles. The van der Waals surface area contributed by atoms with E-state index in [1.807, 2.05) is 0 Å². The molecule has 1 aromatic carbocycles. The van der Waals surface area contributed by atoms with Crippen LogP contribution in [0.25, 0.3) is 11.3 Å². The molecule has 5 heteroatoms. The van der Waals surface area contributed by atoms with E-state index in [1.54, 1.807) is 6.07 Å². The second kappa shape index (κ2) is 4.83. The fourth-order valence-corrected chi connectivity index (χ4v) is 1.57. The smallest absolute Gasteiger partial charge is 0.354 e. The lowest BCUT2D eigenvalue weighted by molar-refractivity contribution is 0.0690. The Kier molecular flexibility index (Phi) is 3.23. The van der Waals surface area contributed by atoms with Gasteiger partial charge in [-0.2, -0.15) is 0 Å². The Balaban J connectivity index is 2.60. The minimum Gasteiger partial charge on any atom is -0.494 e. The summed E-state index contributed by atoms with van der Waals surface area (Å²) >= 11 is 0. The van der Waals surface area contributed by atoms with Crippen LogP contribution in [0.5, 0.6) is 5.75 Å². The molecule has 1 heterocycles. The highest BCUT2D eigenvalue weighted by Gasteiger charge is 2.12. The van der Waals surface area contributed by atoms with Gasteiger partial charge in [-0.25, -0.2) is 14.2 Å². The Bertz CT molecular complexity index is 599. The number of nitrogens with zero attached hydrogens (tertiary/aromatic N) is 1. The van der Waals surface area contributed by atoms with Crippen LogP contribution in [0.15, 0.2) is 36.4 Å². The summed E-state index contributed by atoms with van der Waals surface area (Å²) in [6.45, 7) is 0. The molecule has 92 valence electrons. The first kappa shape index (κ1) is 12.0. The van der Waals surface area contributed by atoms with Gasteiger partial charge in [-0.1, -0.05) is 12.1 Å². The first-order valence-electron chi connectivity index (χ1n) is 5.16. The number of carboxylic acid groups (broad SMARTS) is 1. The Morgan fingerprint density at radius 2 is 2.11 bits per heavy atom. The highest BCUT2D eigenvalue weighted by molar-refractivity contribution is 5.86. The normalized spacial score (nSPS) is 10.1. The Morgan fingerprint density at radius 1 is 1.33 bits per heavy atom. The van der Waals surface area contributed by atoms with E-state index in [9.17, 15) is 9.18 Å². The van der Waals surface area contributed by atoms with Crippen LogP contribution in [-0.4, -0.2) is 23.2 Å². The van der Waals surface area contributed by atoms with Crippen LogP contribution in [0.3, 0.4) is 0 Å². The van der Waals surface area contributed by atoms with Crippen LogP contribution in [0.4, 0.5) is 4.39 Å². The van der Waals surface area contributed by atoms with E-state index in [0.29, 0.717) is 17.0 Å². The van der Waals surface area contributed by atoms with Gasteiger partial charge in [0.1, 0.15) is 23.0 Å². The van der Waals surface area contributed by atoms with Crippen LogP contribution in [0.2, 0.25) is 0 Å². The molecule has 0 radical (unpaired) electrons. The van der Waals surface area contributed by atoms with Gasteiger partial charge in [-0.15, -0.1) is 0 Å². The maximum Gasteiger partial charge on any atom is 0.354 e. The van der Waals surface area contributed by atoms with Crippen molar-refractivity contribution in [1.82, 2.24) is 4.98 Å². The first-order chi connectivity index (χ1) is 8.61. The van der Waals surface area contributed by atoms with Crippen molar-refractivity contribution in [1.29, 1.82) is 0 Å². The highest BCUT2D eigenvalue weighted by atomic mass is 19.1. The van der Waals surface area contributed by atoms with Gasteiger partial charge in [-0.3, -0.25) is 0 Å². The minimum atomic E-state index is -1.14. The van der Waals surface area contributed by atoms with Crippen molar-refractivity contribution in [3.63, 3.8) is 0 Å². The summed E-state index contributed by atoms with van der Waals surface area (Å²) in [5, 5.41) is 8.90. The topological polar surface area (TPSA) is 59.4 Å². The first-order valence-corrected chi connectivity index (χ1v) is 5.16. The molecule has 2 aromatic rings. The summed E-state index contributed by atoms with van der Waals surface area (Å²) in [5.41, 5.74) is 0.655. The van der Waals surface area contributed by atoms with Crippen molar-refractivity contribution < 1.29 is 19.0 Å². The van der Waals surface area contributed by atoms with Gasteiger partial charge in [0.15, 0.2) is 0 Å². The van der Waals surface area contributed by atoms with E-state index >= 15 is 0 Å². The molecule has 0 atom stereocenters. The average Bonchev–Trinajstić information content (AvgIpc) is 2.38. The molecule has 0 unspecified atom stereocenters. The van der Waals surface area contributed by atoms with Crippen molar-refractivity contribution >= 4 is 5.97 Å². The highest BCUT2D eigenvalue weighted by Crippen LogP contribution is 2.28. The number of methoxy groups -OCH3 is 1. The maximum absolute atomic E-state index is 13.2. The van der Waals surface area contributed by atoms with Crippen LogP contribution in [0.1, 0.15) is 10.5 Å². The number of benzene rings is 1. The molecular weight excluding hydrogens is 237 g/mol. The van der Waals surface area contributed by atoms with Gasteiger partial charge in [-0.05, 0) is 24.3 Å². The number of ether oxygens (including phenoxy) is 1. The molecule has 1 aromatic heterocycles. The zero-order chi connectivity index (χ0) is 13.1. The van der Waals surface area contributed by atoms with Crippen LogP contribution in [0, 0.1) is 5.82 Å². The van der Waals surface area contributed by atoms with E-state index in [0.717, 1.165) is 0 Å². The monoisotopic (exact) mass is 247 g/mol. The standard InChI is InChI=1S/C13H10FNO3/c1-18-11-6-5-10(13(16)17)15-12(11)8-3-2-4-9(14)7-8/h2-7H,1H3,(H,16,17). The van der Waals surface area contributed by atoms with Crippen molar-refractivity contribution in [3.8, 4) is 17.0 Å². The molecule has 4 nitrogen and oxygen atoms in total. The summed E-state index contributed by atoms with van der Waals surface area (Å²) < 4.78 is 18.3. The van der Waals surface area contributed by atoms with Crippen molar-refractivity contribution in [2.45, 2.75) is 0 Å². The third kappa shape index (κ3) is 2.29. The minimum absolute atomic E-state index is 0.116. The van der Waals surface area contributed by atoms with Gasteiger partial charge < -0.3 is 9.84 Å². The lowest BCUT2D eigenvalue weighted by Crippen LogP contribution is -2.02. The van der Waals surface area contributed by atoms with E-state index in [2.05, 4.69) is 4.98 Å². The molecule has 0 spiro atoms. The van der Waals surface area contributed by atoms with Gasteiger partial charge in [0.2, 0.25) is 0 Å².